The summed E-state index contributed by atoms with van der Waals surface area (Å²) in [6.45, 7) is 12.3. The quantitative estimate of drug-likeness (QED) is 0.390. The van der Waals surface area contributed by atoms with Crippen LogP contribution < -0.4 is 15.4 Å². The maximum Gasteiger partial charge on any atom is 0.244 e. The fourth-order valence-electron chi connectivity index (χ4n) is 6.89. The SMILES string of the molecule is CCCC(C)NC(=O)C1N([C@@H](CO)C(C)C)C(=O)[C@@H]2[C@@H](C(=O)Nc3ccc(OCC)cc3)[C@@]3(C)CCC12S3. The number of benzene rings is 1. The number of anilines is 1. The fourth-order valence-corrected chi connectivity index (χ4v) is 9.23. The number of hydrogen-bond acceptors (Lipinski definition) is 6. The van der Waals surface area contributed by atoms with Gasteiger partial charge in [0.2, 0.25) is 17.7 Å². The Labute approximate surface area is 230 Å². The van der Waals surface area contributed by atoms with E-state index in [0.717, 1.165) is 25.0 Å². The lowest BCUT2D eigenvalue weighted by molar-refractivity contribution is -0.143. The Kier molecular flexibility index (Phi) is 8.38. The van der Waals surface area contributed by atoms with Crippen LogP contribution in [0.3, 0.4) is 0 Å². The Hall–Kier alpha value is -2.26. The molecule has 3 N–H and O–H groups in total. The van der Waals surface area contributed by atoms with Crippen molar-refractivity contribution in [2.75, 3.05) is 18.5 Å². The van der Waals surface area contributed by atoms with Crippen molar-refractivity contribution in [3.8, 4) is 5.75 Å². The van der Waals surface area contributed by atoms with E-state index in [4.69, 9.17) is 4.74 Å². The molecule has 0 saturated carbocycles. The first-order valence-electron chi connectivity index (χ1n) is 14.0. The zero-order valence-corrected chi connectivity index (χ0v) is 24.3. The zero-order chi connectivity index (χ0) is 27.8. The molecule has 8 nitrogen and oxygen atoms in total. The van der Waals surface area contributed by atoms with Crippen molar-refractivity contribution in [3.63, 3.8) is 0 Å². The van der Waals surface area contributed by atoms with Gasteiger partial charge in [0.05, 0.1) is 35.8 Å². The molecule has 0 radical (unpaired) electrons. The van der Waals surface area contributed by atoms with Gasteiger partial charge in [-0.3, -0.25) is 14.4 Å². The summed E-state index contributed by atoms with van der Waals surface area (Å²) in [7, 11) is 0. The highest BCUT2D eigenvalue weighted by molar-refractivity contribution is 8.02. The van der Waals surface area contributed by atoms with E-state index in [1.54, 1.807) is 28.8 Å². The Morgan fingerprint density at radius 1 is 1.16 bits per heavy atom. The number of carbonyl (C=O) groups is 3. The molecule has 210 valence electrons. The van der Waals surface area contributed by atoms with Crippen molar-refractivity contribution in [2.24, 2.45) is 17.8 Å². The predicted octanol–water partition coefficient (Wildman–Crippen LogP) is 3.83. The smallest absolute Gasteiger partial charge is 0.244 e. The van der Waals surface area contributed by atoms with E-state index in [9.17, 15) is 19.5 Å². The number of nitrogens with zero attached hydrogens (tertiary/aromatic N) is 1. The van der Waals surface area contributed by atoms with E-state index in [-0.39, 0.29) is 36.3 Å². The zero-order valence-electron chi connectivity index (χ0n) is 23.5. The molecule has 3 saturated heterocycles. The summed E-state index contributed by atoms with van der Waals surface area (Å²) >= 11 is 1.65. The van der Waals surface area contributed by atoms with Crippen molar-refractivity contribution in [2.45, 2.75) is 94.8 Å². The molecule has 0 aromatic heterocycles. The van der Waals surface area contributed by atoms with Crippen LogP contribution in [0.25, 0.3) is 0 Å². The first-order chi connectivity index (χ1) is 18.0. The van der Waals surface area contributed by atoms with Crippen LogP contribution in [0.2, 0.25) is 0 Å². The summed E-state index contributed by atoms with van der Waals surface area (Å²) in [6.07, 6.45) is 3.21. The summed E-state index contributed by atoms with van der Waals surface area (Å²) in [5.74, 6) is -1.09. The Balaban J connectivity index is 1.69. The van der Waals surface area contributed by atoms with Crippen molar-refractivity contribution in [1.29, 1.82) is 0 Å². The molecule has 1 spiro atoms. The highest BCUT2D eigenvalue weighted by Crippen LogP contribution is 2.71. The number of rotatable bonds is 11. The van der Waals surface area contributed by atoms with Crippen LogP contribution in [0.4, 0.5) is 5.69 Å². The lowest BCUT2D eigenvalue weighted by atomic mass is 9.66. The second-order valence-corrected chi connectivity index (χ2v) is 13.5. The van der Waals surface area contributed by atoms with Crippen molar-refractivity contribution in [1.82, 2.24) is 10.2 Å². The number of nitrogens with one attached hydrogen (secondary N) is 2. The third kappa shape index (κ3) is 4.81. The molecule has 4 rings (SSSR count). The number of ether oxygens (including phenoxy) is 1. The maximum atomic E-state index is 14.3. The van der Waals surface area contributed by atoms with Gasteiger partial charge in [-0.2, -0.15) is 0 Å². The lowest BCUT2D eigenvalue weighted by Gasteiger charge is -2.39. The molecule has 7 atom stereocenters. The lowest BCUT2D eigenvalue weighted by Crippen LogP contribution is -2.58. The third-order valence-electron chi connectivity index (χ3n) is 8.60. The Morgan fingerprint density at radius 3 is 2.42 bits per heavy atom. The van der Waals surface area contributed by atoms with Crippen LogP contribution in [0.1, 0.15) is 67.2 Å². The fraction of sp³-hybridized carbons (Fsp3) is 0.690. The van der Waals surface area contributed by atoms with E-state index >= 15 is 0 Å². The van der Waals surface area contributed by atoms with Gasteiger partial charge in [-0.25, -0.2) is 0 Å². The Morgan fingerprint density at radius 2 is 1.84 bits per heavy atom. The van der Waals surface area contributed by atoms with E-state index in [0.29, 0.717) is 18.7 Å². The molecule has 3 heterocycles. The molecule has 3 aliphatic heterocycles. The largest absolute Gasteiger partial charge is 0.494 e. The number of hydrogen-bond donors (Lipinski definition) is 3. The standard InChI is InChI=1S/C29H43N3O5S/c1-7-9-18(5)30-26(35)24-29-15-14-28(6,38-29)22(23(29)27(36)32(24)21(16-33)17(3)4)25(34)31-19-10-12-20(13-11-19)37-8-2/h10-13,17-18,21-24,33H,7-9,14-16H2,1-6H3,(H,30,35)(H,31,34)/t18?,21-,22-,23-,24?,28+,29?/m0/s1. The van der Waals surface area contributed by atoms with Gasteiger partial charge < -0.3 is 25.4 Å². The van der Waals surface area contributed by atoms with Crippen LogP contribution in [0.5, 0.6) is 5.75 Å². The van der Waals surface area contributed by atoms with E-state index in [1.165, 1.54) is 0 Å². The van der Waals surface area contributed by atoms with E-state index in [1.807, 2.05) is 39.8 Å². The molecule has 3 amide bonds. The van der Waals surface area contributed by atoms with Gasteiger partial charge in [-0.1, -0.05) is 27.2 Å². The molecular formula is C29H43N3O5S. The van der Waals surface area contributed by atoms with Gasteiger partial charge in [0.1, 0.15) is 11.8 Å². The third-order valence-corrected chi connectivity index (χ3v) is 10.6. The summed E-state index contributed by atoms with van der Waals surface area (Å²) < 4.78 is 4.35. The molecule has 38 heavy (non-hydrogen) atoms. The van der Waals surface area contributed by atoms with E-state index < -0.39 is 33.4 Å². The first-order valence-corrected chi connectivity index (χ1v) is 14.8. The summed E-state index contributed by atoms with van der Waals surface area (Å²) in [5, 5.41) is 16.5. The summed E-state index contributed by atoms with van der Waals surface area (Å²) in [6, 6.07) is 5.98. The van der Waals surface area contributed by atoms with Crippen molar-refractivity contribution < 1.29 is 24.2 Å². The predicted molar refractivity (Wildman–Crippen MR) is 150 cm³/mol. The number of fused-ring (bicyclic) bond motifs is 1. The minimum atomic E-state index is -0.728. The number of thioether (sulfide) groups is 1. The average molecular weight is 546 g/mol. The molecule has 3 aliphatic rings. The van der Waals surface area contributed by atoms with Gasteiger partial charge in [0, 0.05) is 16.5 Å². The van der Waals surface area contributed by atoms with Crippen molar-refractivity contribution in [3.05, 3.63) is 24.3 Å². The molecule has 2 bridgehead atoms. The minimum absolute atomic E-state index is 0.0236. The van der Waals surface area contributed by atoms with Crippen LogP contribution in [-0.4, -0.2) is 68.6 Å². The van der Waals surface area contributed by atoms with Crippen molar-refractivity contribution >= 4 is 35.2 Å². The molecule has 0 aliphatic carbocycles. The number of aliphatic hydroxyl groups is 1. The van der Waals surface area contributed by atoms with Gasteiger partial charge in [-0.15, -0.1) is 11.8 Å². The summed E-state index contributed by atoms with van der Waals surface area (Å²) in [4.78, 5) is 43.6. The van der Waals surface area contributed by atoms with Gasteiger partial charge in [0.15, 0.2) is 0 Å². The maximum absolute atomic E-state index is 14.3. The number of amides is 3. The van der Waals surface area contributed by atoms with Crippen LogP contribution in [-0.2, 0) is 14.4 Å². The second kappa shape index (κ2) is 11.1. The molecule has 9 heteroatoms. The van der Waals surface area contributed by atoms with E-state index in [2.05, 4.69) is 24.5 Å². The minimum Gasteiger partial charge on any atom is -0.494 e. The number of likely N-dealkylation sites (tertiary alicyclic amines) is 1. The molecule has 1 aromatic rings. The highest BCUT2D eigenvalue weighted by Gasteiger charge is 2.77. The highest BCUT2D eigenvalue weighted by atomic mass is 32.2. The van der Waals surface area contributed by atoms with Gasteiger partial charge >= 0.3 is 0 Å². The van der Waals surface area contributed by atoms with Gasteiger partial charge in [0.25, 0.3) is 0 Å². The van der Waals surface area contributed by atoms with Crippen LogP contribution in [0.15, 0.2) is 24.3 Å². The topological polar surface area (TPSA) is 108 Å². The molecular weight excluding hydrogens is 502 g/mol. The second-order valence-electron chi connectivity index (χ2n) is 11.6. The first kappa shape index (κ1) is 28.7. The average Bonchev–Trinajstić information content (AvgIpc) is 3.42. The van der Waals surface area contributed by atoms with Crippen LogP contribution in [0, 0.1) is 17.8 Å². The molecule has 1 aromatic carbocycles. The van der Waals surface area contributed by atoms with Crippen LogP contribution >= 0.6 is 11.8 Å². The number of aliphatic hydroxyl groups excluding tert-OH is 1. The van der Waals surface area contributed by atoms with Gasteiger partial charge in [-0.05, 0) is 70.2 Å². The number of carbonyl (C=O) groups excluding carboxylic acids is 3. The molecule has 3 fully saturated rings. The normalized spacial score (nSPS) is 31.3. The monoisotopic (exact) mass is 545 g/mol. The summed E-state index contributed by atoms with van der Waals surface area (Å²) in [5.41, 5.74) is 0.643. The molecule has 3 unspecified atom stereocenters. The Bertz CT molecular complexity index is 1050.